The van der Waals surface area contributed by atoms with Gasteiger partial charge in [-0.3, -0.25) is 14.4 Å². The third-order valence-corrected chi connectivity index (χ3v) is 11.1. The van der Waals surface area contributed by atoms with Crippen LogP contribution in [0, 0.1) is 17.8 Å². The van der Waals surface area contributed by atoms with Crippen LogP contribution in [0.4, 0.5) is 0 Å². The summed E-state index contributed by atoms with van der Waals surface area (Å²) >= 11 is 0. The zero-order valence-corrected chi connectivity index (χ0v) is 28.2. The number of rotatable bonds is 8. The summed E-state index contributed by atoms with van der Waals surface area (Å²) in [6, 6.07) is 0. The lowest BCUT2D eigenvalue weighted by Crippen LogP contribution is -2.71. The number of ketones is 3. The second-order valence-corrected chi connectivity index (χ2v) is 15.3. The van der Waals surface area contributed by atoms with Crippen LogP contribution < -0.4 is 0 Å². The molecule has 4 bridgehead atoms. The van der Waals surface area contributed by atoms with Crippen molar-refractivity contribution in [3.05, 3.63) is 69.6 Å². The van der Waals surface area contributed by atoms with Gasteiger partial charge in [-0.2, -0.15) is 0 Å². The van der Waals surface area contributed by atoms with Gasteiger partial charge in [0.1, 0.15) is 11.3 Å². The summed E-state index contributed by atoms with van der Waals surface area (Å²) in [6.07, 6.45) is 11.8. The third kappa shape index (κ3) is 4.61. The van der Waals surface area contributed by atoms with Gasteiger partial charge in [-0.15, -0.1) is 0 Å². The number of allylic oxidation sites excluding steroid dienone is 6. The number of carboxylic acids is 1. The molecule has 0 amide bonds. The van der Waals surface area contributed by atoms with E-state index >= 15 is 0 Å². The highest BCUT2D eigenvalue weighted by molar-refractivity contribution is 6.33. The van der Waals surface area contributed by atoms with Gasteiger partial charge in [0.2, 0.25) is 0 Å². The number of ether oxygens (including phenoxy) is 3. The number of Topliss-reactive ketones (excluding diaryl/α,β-unsaturated/α-hetero) is 3. The minimum absolute atomic E-state index is 0.0212. The Balaban J connectivity index is 1.51. The standard InChI is InChI=1S/C38H46O8/c1-20(2)10-9-15-36(8)16-14-24-29(39)28-30(40)26-18-23-19-27-35(6,7)46-37(33(23)41,17-13-22(5)34(42)43)38(26,27)45-32(28)25(31(24)44-36)12-11-21(3)4/h10-11,13-14,18,23,25,27,31H,9,12,15-17,19H2,1-8H3,(H,42,43). The van der Waals surface area contributed by atoms with E-state index in [2.05, 4.69) is 32.9 Å². The first-order valence-electron chi connectivity index (χ1n) is 16.5. The molecule has 0 radical (unpaired) electrons. The Morgan fingerprint density at radius 3 is 2.35 bits per heavy atom. The summed E-state index contributed by atoms with van der Waals surface area (Å²) < 4.78 is 20.8. The zero-order chi connectivity index (χ0) is 33.6. The van der Waals surface area contributed by atoms with E-state index in [0.717, 1.165) is 18.4 Å². The smallest absolute Gasteiger partial charge is 0.330 e. The van der Waals surface area contributed by atoms with Crippen molar-refractivity contribution in [3.8, 4) is 0 Å². The van der Waals surface area contributed by atoms with E-state index in [1.807, 2.05) is 33.8 Å². The first-order valence-corrected chi connectivity index (χ1v) is 16.5. The van der Waals surface area contributed by atoms with Crippen molar-refractivity contribution in [3.63, 3.8) is 0 Å². The normalized spacial score (nSPS) is 37.0. The molecule has 1 saturated heterocycles. The molecule has 4 aliphatic carbocycles. The number of hydrogen-bond donors (Lipinski definition) is 1. The largest absolute Gasteiger partial charge is 0.481 e. The number of carbonyl (C=O) groups is 4. The van der Waals surface area contributed by atoms with Gasteiger partial charge < -0.3 is 19.3 Å². The minimum atomic E-state index is -1.62. The van der Waals surface area contributed by atoms with Crippen LogP contribution in [-0.2, 0) is 33.4 Å². The highest BCUT2D eigenvalue weighted by Crippen LogP contribution is 2.68. The van der Waals surface area contributed by atoms with Gasteiger partial charge in [-0.25, -0.2) is 4.79 Å². The molecule has 0 aromatic heterocycles. The van der Waals surface area contributed by atoms with Crippen LogP contribution in [0.1, 0.15) is 93.9 Å². The second-order valence-electron chi connectivity index (χ2n) is 15.3. The van der Waals surface area contributed by atoms with E-state index in [1.165, 1.54) is 18.6 Å². The lowest BCUT2D eigenvalue weighted by atomic mass is 9.50. The highest BCUT2D eigenvalue weighted by atomic mass is 16.6. The maximum atomic E-state index is 14.7. The van der Waals surface area contributed by atoms with Gasteiger partial charge in [0.15, 0.2) is 28.6 Å². The van der Waals surface area contributed by atoms with E-state index in [4.69, 9.17) is 14.2 Å². The number of aliphatic carboxylic acids is 1. The van der Waals surface area contributed by atoms with Crippen molar-refractivity contribution in [2.24, 2.45) is 17.8 Å². The Hall–Kier alpha value is -3.36. The fraction of sp³-hybridized carbons (Fsp3) is 0.579. The molecule has 7 atom stereocenters. The Morgan fingerprint density at radius 1 is 1.00 bits per heavy atom. The molecule has 0 aromatic carbocycles. The summed E-state index contributed by atoms with van der Waals surface area (Å²) in [5.41, 5.74) is -1.32. The first kappa shape index (κ1) is 32.6. The van der Waals surface area contributed by atoms with Gasteiger partial charge in [-0.05, 0) is 87.5 Å². The molecule has 3 aliphatic heterocycles. The maximum absolute atomic E-state index is 14.7. The zero-order valence-electron chi connectivity index (χ0n) is 28.2. The number of hydrogen-bond acceptors (Lipinski definition) is 7. The summed E-state index contributed by atoms with van der Waals surface area (Å²) in [7, 11) is 0. The van der Waals surface area contributed by atoms with Gasteiger partial charge in [0.05, 0.1) is 23.2 Å². The van der Waals surface area contributed by atoms with Crippen molar-refractivity contribution in [2.75, 3.05) is 0 Å². The highest BCUT2D eigenvalue weighted by Gasteiger charge is 2.81. The monoisotopic (exact) mass is 630 g/mol. The van der Waals surface area contributed by atoms with E-state index in [0.29, 0.717) is 24.8 Å². The second kappa shape index (κ2) is 10.8. The van der Waals surface area contributed by atoms with Gasteiger partial charge in [0, 0.05) is 35.0 Å². The van der Waals surface area contributed by atoms with Crippen molar-refractivity contribution in [1.29, 1.82) is 0 Å². The number of fused-ring (bicyclic) bond motifs is 1. The van der Waals surface area contributed by atoms with Crippen LogP contribution >= 0.6 is 0 Å². The molecular formula is C38H46O8. The molecule has 3 heterocycles. The molecule has 7 unspecified atom stereocenters. The number of carbonyl (C=O) groups excluding carboxylic acids is 3. The van der Waals surface area contributed by atoms with Crippen molar-refractivity contribution < 1.29 is 38.5 Å². The molecule has 1 spiro atoms. The SMILES string of the molecule is CC(C)=CCCC1(C)CC=C2C(=O)C3=C(OC45C(=CC6CC4C(C)(C)OC5(CC=C(C)C(=O)O)C6=O)C3=O)C(CC=C(C)C)C2O1. The summed E-state index contributed by atoms with van der Waals surface area (Å²) in [4.78, 5) is 55.1. The van der Waals surface area contributed by atoms with E-state index in [-0.39, 0.29) is 46.4 Å². The lowest BCUT2D eigenvalue weighted by molar-refractivity contribution is -0.187. The average Bonchev–Trinajstić information content (AvgIpc) is 3.12. The molecule has 2 fully saturated rings. The predicted molar refractivity (Wildman–Crippen MR) is 172 cm³/mol. The predicted octanol–water partition coefficient (Wildman–Crippen LogP) is 6.47. The quantitative estimate of drug-likeness (QED) is 0.184. The number of carboxylic acid groups (broad SMARTS) is 1. The van der Waals surface area contributed by atoms with Gasteiger partial charge in [-0.1, -0.05) is 41.5 Å². The molecule has 1 saturated carbocycles. The Bertz CT molecular complexity index is 1620. The van der Waals surface area contributed by atoms with Crippen molar-refractivity contribution in [2.45, 2.75) is 122 Å². The van der Waals surface area contributed by atoms with Crippen molar-refractivity contribution >= 4 is 23.3 Å². The Labute approximate surface area is 271 Å². The van der Waals surface area contributed by atoms with E-state index in [1.54, 1.807) is 6.08 Å². The Kier molecular flexibility index (Phi) is 7.68. The molecule has 0 aromatic rings. The van der Waals surface area contributed by atoms with Crippen LogP contribution in [0.2, 0.25) is 0 Å². The summed E-state index contributed by atoms with van der Waals surface area (Å²) in [5, 5.41) is 9.64. The van der Waals surface area contributed by atoms with Crippen molar-refractivity contribution in [1.82, 2.24) is 0 Å². The fourth-order valence-corrected chi connectivity index (χ4v) is 8.75. The lowest BCUT2D eigenvalue weighted by Gasteiger charge is -2.58. The summed E-state index contributed by atoms with van der Waals surface area (Å²) in [5.74, 6) is -3.30. The maximum Gasteiger partial charge on any atom is 0.330 e. The molecule has 46 heavy (non-hydrogen) atoms. The van der Waals surface area contributed by atoms with Gasteiger partial charge in [0.25, 0.3) is 0 Å². The molecule has 7 rings (SSSR count). The summed E-state index contributed by atoms with van der Waals surface area (Å²) in [6.45, 7) is 15.5. The molecule has 1 N–H and O–H groups in total. The molecule has 8 heteroatoms. The first-order chi connectivity index (χ1) is 21.5. The van der Waals surface area contributed by atoms with Crippen LogP contribution in [0.15, 0.2) is 69.6 Å². The third-order valence-electron chi connectivity index (χ3n) is 11.1. The van der Waals surface area contributed by atoms with E-state index < -0.39 is 52.1 Å². The van der Waals surface area contributed by atoms with Crippen LogP contribution in [0.3, 0.4) is 0 Å². The van der Waals surface area contributed by atoms with Crippen LogP contribution in [0.25, 0.3) is 0 Å². The molecule has 246 valence electrons. The Morgan fingerprint density at radius 2 is 1.70 bits per heavy atom. The molecule has 8 nitrogen and oxygen atoms in total. The van der Waals surface area contributed by atoms with E-state index in [9.17, 15) is 24.3 Å². The van der Waals surface area contributed by atoms with Gasteiger partial charge >= 0.3 is 5.97 Å². The average molecular weight is 631 g/mol. The fourth-order valence-electron chi connectivity index (χ4n) is 8.75. The minimum Gasteiger partial charge on any atom is -0.481 e. The molecule has 7 aliphatic rings. The molecular weight excluding hydrogens is 584 g/mol. The topological polar surface area (TPSA) is 116 Å². The van der Waals surface area contributed by atoms with Crippen LogP contribution in [0.5, 0.6) is 0 Å². The van der Waals surface area contributed by atoms with Crippen LogP contribution in [-0.4, -0.2) is 56.9 Å².